The lowest BCUT2D eigenvalue weighted by Crippen LogP contribution is -2.67. The molecule has 2 fully saturated rings. The molecule has 5 rings (SSSR count). The Morgan fingerprint density at radius 1 is 0.853 bits per heavy atom. The fourth-order valence-corrected chi connectivity index (χ4v) is 6.91. The summed E-state index contributed by atoms with van der Waals surface area (Å²) in [5.74, 6) is -0.416. The van der Waals surface area contributed by atoms with E-state index in [1.54, 1.807) is 0 Å². The number of fused-ring (bicyclic) bond motifs is 1. The second kappa shape index (κ2) is 9.58. The van der Waals surface area contributed by atoms with E-state index >= 15 is 0 Å². The van der Waals surface area contributed by atoms with Crippen molar-refractivity contribution in [3.05, 3.63) is 90.2 Å². The van der Waals surface area contributed by atoms with Crippen LogP contribution in [0.3, 0.4) is 0 Å². The molecule has 0 amide bonds. The van der Waals surface area contributed by atoms with Gasteiger partial charge in [0.25, 0.3) is 0 Å². The maximum atomic E-state index is 13.4. The van der Waals surface area contributed by atoms with Gasteiger partial charge in [0.2, 0.25) is 10.0 Å². The molecule has 1 N–H and O–H groups in total. The van der Waals surface area contributed by atoms with Crippen LogP contribution in [0, 0.1) is 5.82 Å². The molecule has 2 heterocycles. The molecule has 2 aliphatic rings. The van der Waals surface area contributed by atoms with E-state index in [0.29, 0.717) is 13.1 Å². The molecule has 0 spiro atoms. The molecule has 0 unspecified atom stereocenters. The highest BCUT2D eigenvalue weighted by Gasteiger charge is 2.50. The third-order valence-corrected chi connectivity index (χ3v) is 9.07. The first kappa shape index (κ1) is 23.2. The molecule has 2 aliphatic heterocycles. The molecule has 3 aromatic rings. The molecule has 178 valence electrons. The van der Waals surface area contributed by atoms with Crippen molar-refractivity contribution in [2.24, 2.45) is 0 Å². The van der Waals surface area contributed by atoms with Crippen molar-refractivity contribution >= 4 is 10.0 Å². The second-order valence-electron chi connectivity index (χ2n) is 9.09. The van der Waals surface area contributed by atoms with Gasteiger partial charge in [-0.1, -0.05) is 54.6 Å². The molecule has 0 aliphatic carbocycles. The number of hydrogen-bond acceptors (Lipinski definition) is 4. The summed E-state index contributed by atoms with van der Waals surface area (Å²) in [7, 11) is -3.74. The average Bonchev–Trinajstić information content (AvgIpc) is 2.84. The van der Waals surface area contributed by atoms with Gasteiger partial charge in [0.1, 0.15) is 5.82 Å². The van der Waals surface area contributed by atoms with Crippen molar-refractivity contribution in [1.29, 1.82) is 0 Å². The number of aliphatic hydroxyl groups excluding tert-OH is 1. The molecule has 3 aromatic carbocycles. The zero-order valence-electron chi connectivity index (χ0n) is 18.9. The van der Waals surface area contributed by atoms with E-state index in [4.69, 9.17) is 0 Å². The zero-order valence-corrected chi connectivity index (χ0v) is 19.7. The van der Waals surface area contributed by atoms with E-state index in [1.807, 2.05) is 18.2 Å². The summed E-state index contributed by atoms with van der Waals surface area (Å²) in [6.07, 6.45) is 1.61. The molecule has 0 radical (unpaired) electrons. The van der Waals surface area contributed by atoms with Crippen molar-refractivity contribution < 1.29 is 17.9 Å². The molecule has 5 nitrogen and oxygen atoms in total. The predicted octanol–water partition coefficient (Wildman–Crippen LogP) is 4.11. The molecular formula is C27H29FN2O3S. The van der Waals surface area contributed by atoms with Crippen molar-refractivity contribution in [1.82, 2.24) is 9.21 Å². The number of rotatable bonds is 5. The molecular weight excluding hydrogens is 451 g/mol. The van der Waals surface area contributed by atoms with Crippen LogP contribution >= 0.6 is 0 Å². The van der Waals surface area contributed by atoms with E-state index in [2.05, 4.69) is 41.3 Å². The summed E-state index contributed by atoms with van der Waals surface area (Å²) in [6, 6.07) is 23.5. The van der Waals surface area contributed by atoms with E-state index in [-0.39, 0.29) is 29.5 Å². The Kier molecular flexibility index (Phi) is 6.53. The highest BCUT2D eigenvalue weighted by atomic mass is 32.2. The number of nitrogens with zero attached hydrogens (tertiary/aromatic N) is 2. The summed E-state index contributed by atoms with van der Waals surface area (Å²) >= 11 is 0. The first-order chi connectivity index (χ1) is 16.5. The van der Waals surface area contributed by atoms with Gasteiger partial charge in [-0.2, -0.15) is 4.31 Å². The normalized spacial score (nSPS) is 24.0. The topological polar surface area (TPSA) is 60.9 Å². The largest absolute Gasteiger partial charge is 0.395 e. The van der Waals surface area contributed by atoms with Gasteiger partial charge in [-0.25, -0.2) is 12.8 Å². The van der Waals surface area contributed by atoms with Crippen molar-refractivity contribution in [2.75, 3.05) is 26.2 Å². The van der Waals surface area contributed by atoms with Crippen LogP contribution in [-0.2, 0) is 10.0 Å². The maximum Gasteiger partial charge on any atom is 0.243 e. The number of aliphatic hydroxyl groups is 1. The molecule has 7 heteroatoms. The van der Waals surface area contributed by atoms with Crippen LogP contribution in [0.15, 0.2) is 83.8 Å². The minimum Gasteiger partial charge on any atom is -0.395 e. The Labute approximate surface area is 200 Å². The van der Waals surface area contributed by atoms with Crippen LogP contribution in [0.5, 0.6) is 0 Å². The van der Waals surface area contributed by atoms with Crippen LogP contribution in [0.25, 0.3) is 11.1 Å². The number of hydrogen-bond donors (Lipinski definition) is 1. The Morgan fingerprint density at radius 2 is 1.50 bits per heavy atom. The van der Waals surface area contributed by atoms with E-state index in [0.717, 1.165) is 36.1 Å². The minimum atomic E-state index is -3.74. The fraction of sp³-hybridized carbons (Fsp3) is 0.333. The monoisotopic (exact) mass is 480 g/mol. The summed E-state index contributed by atoms with van der Waals surface area (Å²) < 4.78 is 41.7. The first-order valence-corrected chi connectivity index (χ1v) is 13.2. The van der Waals surface area contributed by atoms with Gasteiger partial charge in [-0.3, -0.25) is 4.90 Å². The van der Waals surface area contributed by atoms with E-state index in [1.165, 1.54) is 28.6 Å². The lowest BCUT2D eigenvalue weighted by molar-refractivity contribution is -0.0553. The molecule has 34 heavy (non-hydrogen) atoms. The van der Waals surface area contributed by atoms with E-state index in [9.17, 15) is 17.9 Å². The Morgan fingerprint density at radius 3 is 2.18 bits per heavy atom. The van der Waals surface area contributed by atoms with Gasteiger partial charge in [0.05, 0.1) is 11.5 Å². The SMILES string of the molecule is O=S(=O)(c1ccc(F)cc1)N1CCCCN2[C@H](CO)[C@H](c3ccc(-c4ccccc4)cc3)[C@H]2C1. The van der Waals surface area contributed by atoms with Gasteiger partial charge >= 0.3 is 0 Å². The van der Waals surface area contributed by atoms with Crippen LogP contribution in [-0.4, -0.2) is 61.1 Å². The first-order valence-electron chi connectivity index (χ1n) is 11.8. The standard InChI is InChI=1S/C27H29FN2O3S/c28-23-12-14-24(15-13-23)34(32,33)29-16-4-5-17-30-25(18-29)27(26(30)19-31)22-10-8-21(9-11-22)20-6-2-1-3-7-20/h1-3,6-15,25-27,31H,4-5,16-19H2/t25-,26-,27-/m1/s1. The summed E-state index contributed by atoms with van der Waals surface area (Å²) in [5.41, 5.74) is 3.38. The quantitative estimate of drug-likeness (QED) is 0.597. The average molecular weight is 481 g/mol. The van der Waals surface area contributed by atoms with Gasteiger partial charge in [0.15, 0.2) is 0 Å². The van der Waals surface area contributed by atoms with E-state index < -0.39 is 15.8 Å². The summed E-state index contributed by atoms with van der Waals surface area (Å²) in [4.78, 5) is 2.37. The molecule has 2 saturated heterocycles. The van der Waals surface area contributed by atoms with Crippen molar-refractivity contribution in [2.45, 2.75) is 35.7 Å². The molecule has 3 atom stereocenters. The third kappa shape index (κ3) is 4.29. The third-order valence-electron chi connectivity index (χ3n) is 7.19. The number of sulfonamides is 1. The second-order valence-corrected chi connectivity index (χ2v) is 11.0. The maximum absolute atomic E-state index is 13.4. The lowest BCUT2D eigenvalue weighted by atomic mass is 9.74. The Bertz CT molecular complexity index is 1220. The molecule has 0 bridgehead atoms. The van der Waals surface area contributed by atoms with Gasteiger partial charge < -0.3 is 5.11 Å². The Hall–Kier alpha value is -2.58. The predicted molar refractivity (Wildman–Crippen MR) is 130 cm³/mol. The highest BCUT2D eigenvalue weighted by Crippen LogP contribution is 2.43. The summed E-state index contributed by atoms with van der Waals surface area (Å²) in [6.45, 7) is 1.67. The molecule has 0 saturated carbocycles. The number of halogens is 1. The van der Waals surface area contributed by atoms with Crippen molar-refractivity contribution in [3.63, 3.8) is 0 Å². The molecule has 0 aromatic heterocycles. The lowest BCUT2D eigenvalue weighted by Gasteiger charge is -2.57. The van der Waals surface area contributed by atoms with Crippen LogP contribution in [0.1, 0.15) is 24.3 Å². The van der Waals surface area contributed by atoms with Crippen LogP contribution in [0.4, 0.5) is 4.39 Å². The summed E-state index contributed by atoms with van der Waals surface area (Å²) in [5, 5.41) is 10.2. The fourth-order valence-electron chi connectivity index (χ4n) is 5.41. The zero-order chi connectivity index (χ0) is 23.7. The highest BCUT2D eigenvalue weighted by molar-refractivity contribution is 7.89. The van der Waals surface area contributed by atoms with Crippen LogP contribution in [0.2, 0.25) is 0 Å². The van der Waals surface area contributed by atoms with Gasteiger partial charge in [-0.15, -0.1) is 0 Å². The smallest absolute Gasteiger partial charge is 0.243 e. The van der Waals surface area contributed by atoms with Gasteiger partial charge in [-0.05, 0) is 60.3 Å². The van der Waals surface area contributed by atoms with Gasteiger partial charge in [0, 0.05) is 31.1 Å². The number of benzene rings is 3. The minimum absolute atomic E-state index is 0.0183. The van der Waals surface area contributed by atoms with Crippen LogP contribution < -0.4 is 0 Å². The van der Waals surface area contributed by atoms with Crippen molar-refractivity contribution in [3.8, 4) is 11.1 Å². The Balaban J connectivity index is 1.42.